The smallest absolute Gasteiger partial charge is 0.256 e. The second kappa shape index (κ2) is 10.7. The van der Waals surface area contributed by atoms with Crippen LogP contribution in [-0.4, -0.2) is 61.3 Å². The quantitative estimate of drug-likeness (QED) is 0.341. The van der Waals surface area contributed by atoms with Gasteiger partial charge in [-0.3, -0.25) is 14.6 Å². The topological polar surface area (TPSA) is 85.5 Å². The number of hydrogen-bond donors (Lipinski definition) is 2. The van der Waals surface area contributed by atoms with Gasteiger partial charge in [-0.2, -0.15) is 0 Å². The summed E-state index contributed by atoms with van der Waals surface area (Å²) in [5.74, 6) is -0.596. The van der Waals surface area contributed by atoms with E-state index in [0.717, 1.165) is 55.7 Å². The molecule has 0 spiro atoms. The summed E-state index contributed by atoms with van der Waals surface area (Å²) >= 11 is 12.5. The minimum atomic E-state index is -3.78. The highest BCUT2D eigenvalue weighted by Gasteiger charge is 2.32. The van der Waals surface area contributed by atoms with Crippen molar-refractivity contribution in [2.24, 2.45) is 0 Å². The molecule has 2 aromatic carbocycles. The van der Waals surface area contributed by atoms with E-state index in [0.29, 0.717) is 32.4 Å². The first-order valence-corrected chi connectivity index (χ1v) is 16.0. The average Bonchev–Trinajstić information content (AvgIpc) is 3.68. The van der Waals surface area contributed by atoms with E-state index in [1.54, 1.807) is 30.3 Å². The van der Waals surface area contributed by atoms with E-state index in [1.165, 1.54) is 24.5 Å². The van der Waals surface area contributed by atoms with Gasteiger partial charge in [0, 0.05) is 77.0 Å². The molecule has 0 bridgehead atoms. The maximum Gasteiger partial charge on any atom is 0.256 e. The summed E-state index contributed by atoms with van der Waals surface area (Å²) < 4.78 is 26.7. The molecule has 3 aliphatic rings. The minimum absolute atomic E-state index is 0.107. The van der Waals surface area contributed by atoms with Crippen molar-refractivity contribution in [3.05, 3.63) is 80.1 Å². The Hall–Kier alpha value is -2.62. The van der Waals surface area contributed by atoms with E-state index in [2.05, 4.69) is 33.9 Å². The van der Waals surface area contributed by atoms with Crippen molar-refractivity contribution < 1.29 is 13.2 Å². The first kappa shape index (κ1) is 27.5. The molecule has 0 radical (unpaired) electrons. The number of nitrogens with zero attached hydrogens (tertiary/aromatic N) is 2. The molecule has 3 heterocycles. The number of aromatic nitrogens is 1. The molecule has 210 valence electrons. The van der Waals surface area contributed by atoms with Crippen LogP contribution in [0.5, 0.6) is 0 Å². The van der Waals surface area contributed by atoms with Gasteiger partial charge in [0.2, 0.25) is 0 Å². The summed E-state index contributed by atoms with van der Waals surface area (Å²) in [6, 6.07) is 10.4. The van der Waals surface area contributed by atoms with Crippen LogP contribution in [0.15, 0.2) is 41.3 Å². The van der Waals surface area contributed by atoms with Crippen LogP contribution < -0.4 is 5.32 Å². The number of hydrogen-bond acceptors (Lipinski definition) is 5. The van der Waals surface area contributed by atoms with Crippen LogP contribution in [0.1, 0.15) is 46.5 Å². The fraction of sp³-hybridized carbons (Fsp3) is 0.367. The number of aromatic amines is 1. The molecule has 10 heteroatoms. The third kappa shape index (κ3) is 5.35. The van der Waals surface area contributed by atoms with Gasteiger partial charge >= 0.3 is 0 Å². The zero-order chi connectivity index (χ0) is 28.2. The lowest BCUT2D eigenvalue weighted by Gasteiger charge is -2.35. The molecule has 0 unspecified atom stereocenters. The summed E-state index contributed by atoms with van der Waals surface area (Å²) in [6.45, 7) is 9.37. The van der Waals surface area contributed by atoms with Crippen molar-refractivity contribution in [1.82, 2.24) is 14.8 Å². The predicted molar refractivity (Wildman–Crippen MR) is 160 cm³/mol. The Morgan fingerprint density at radius 3 is 2.38 bits per heavy atom. The second-order valence-electron chi connectivity index (χ2n) is 11.0. The van der Waals surface area contributed by atoms with Gasteiger partial charge < -0.3 is 10.3 Å². The monoisotopic (exact) mass is 598 g/mol. The van der Waals surface area contributed by atoms with Gasteiger partial charge in [0.15, 0.2) is 9.84 Å². The van der Waals surface area contributed by atoms with E-state index in [9.17, 15) is 13.2 Å². The summed E-state index contributed by atoms with van der Waals surface area (Å²) in [6.07, 6.45) is 4.52. The maximum atomic E-state index is 13.3. The lowest BCUT2D eigenvalue weighted by Crippen LogP contribution is -2.46. The van der Waals surface area contributed by atoms with Crippen LogP contribution in [0.2, 0.25) is 10.0 Å². The zero-order valence-electron chi connectivity index (χ0n) is 22.6. The van der Waals surface area contributed by atoms with Crippen molar-refractivity contribution in [3.63, 3.8) is 0 Å². The fourth-order valence-electron chi connectivity index (χ4n) is 5.74. The number of nitrogens with one attached hydrogen (secondary N) is 2. The van der Waals surface area contributed by atoms with Gasteiger partial charge in [-0.1, -0.05) is 29.3 Å². The second-order valence-corrected chi connectivity index (χ2v) is 13.8. The predicted octanol–water partition coefficient (Wildman–Crippen LogP) is 5.68. The number of H-pyrrole nitrogens is 1. The van der Waals surface area contributed by atoms with Crippen molar-refractivity contribution in [3.8, 4) is 0 Å². The summed E-state index contributed by atoms with van der Waals surface area (Å²) in [5, 5.41) is 3.47. The molecule has 6 rings (SSSR count). The molecule has 2 aliphatic heterocycles. The number of piperazine rings is 1. The van der Waals surface area contributed by atoms with Crippen LogP contribution in [0.4, 0.5) is 5.69 Å². The number of aryl methyl sites for hydroxylation is 1. The number of carbonyl (C=O) groups excluding carboxylic acids is 1. The van der Waals surface area contributed by atoms with Gasteiger partial charge in [-0.05, 0) is 74.2 Å². The Kier molecular flexibility index (Phi) is 7.34. The van der Waals surface area contributed by atoms with Crippen molar-refractivity contribution in [2.75, 3.05) is 31.5 Å². The third-order valence-corrected chi connectivity index (χ3v) is 10.7. The molecule has 2 N–H and O–H groups in total. The maximum absolute atomic E-state index is 13.3. The van der Waals surface area contributed by atoms with Crippen LogP contribution in [0.25, 0.3) is 11.6 Å². The van der Waals surface area contributed by atoms with Gasteiger partial charge in [0.05, 0.1) is 16.2 Å². The lowest BCUT2D eigenvalue weighted by atomic mass is 10.0. The number of carbonyl (C=O) groups is 1. The molecule has 1 aromatic heterocycles. The molecule has 40 heavy (non-hydrogen) atoms. The minimum Gasteiger partial charge on any atom is -0.359 e. The van der Waals surface area contributed by atoms with Gasteiger partial charge in [0.25, 0.3) is 5.91 Å². The fourth-order valence-corrected chi connectivity index (χ4v) is 7.86. The van der Waals surface area contributed by atoms with E-state index < -0.39 is 9.84 Å². The molecule has 0 atom stereocenters. The number of benzene rings is 2. The third-order valence-electron chi connectivity index (χ3n) is 8.30. The number of sulfone groups is 1. The van der Waals surface area contributed by atoms with E-state index in [1.807, 2.05) is 6.08 Å². The Morgan fingerprint density at radius 2 is 1.70 bits per heavy atom. The van der Waals surface area contributed by atoms with Gasteiger partial charge in [-0.15, -0.1) is 0 Å². The Labute approximate surface area is 245 Å². The zero-order valence-corrected chi connectivity index (χ0v) is 24.9. The highest BCUT2D eigenvalue weighted by atomic mass is 35.5. The van der Waals surface area contributed by atoms with Gasteiger partial charge in [0.1, 0.15) is 0 Å². The molecule has 3 aromatic rings. The first-order valence-electron chi connectivity index (χ1n) is 13.6. The van der Waals surface area contributed by atoms with E-state index >= 15 is 0 Å². The number of anilines is 1. The Bertz CT molecular complexity index is 1610. The molecule has 1 saturated carbocycles. The molecule has 2 fully saturated rings. The number of halogens is 2. The van der Waals surface area contributed by atoms with Crippen LogP contribution in [0, 0.1) is 13.8 Å². The number of amides is 1. The molecule has 1 saturated heterocycles. The number of fused-ring (bicyclic) bond motifs is 1. The normalized spacial score (nSPS) is 19.3. The van der Waals surface area contributed by atoms with Crippen LogP contribution in [-0.2, 0) is 26.9 Å². The van der Waals surface area contributed by atoms with Crippen molar-refractivity contribution >= 4 is 56.3 Å². The average molecular weight is 600 g/mol. The van der Waals surface area contributed by atoms with Gasteiger partial charge in [-0.25, -0.2) is 8.42 Å². The summed E-state index contributed by atoms with van der Waals surface area (Å²) in [7, 11) is -3.78. The highest BCUT2D eigenvalue weighted by molar-refractivity contribution is 7.90. The van der Waals surface area contributed by atoms with Crippen LogP contribution in [0.3, 0.4) is 0 Å². The van der Waals surface area contributed by atoms with E-state index in [-0.39, 0.29) is 16.6 Å². The summed E-state index contributed by atoms with van der Waals surface area (Å²) in [5.41, 5.74) is 6.22. The highest BCUT2D eigenvalue weighted by Crippen LogP contribution is 2.37. The summed E-state index contributed by atoms with van der Waals surface area (Å²) in [4.78, 5) is 21.7. The molecule has 1 aliphatic carbocycles. The molecular formula is C30H32Cl2N4O3S. The Balaban J connectivity index is 1.26. The number of rotatable bonds is 7. The molecule has 7 nitrogen and oxygen atoms in total. The van der Waals surface area contributed by atoms with E-state index in [4.69, 9.17) is 23.2 Å². The Morgan fingerprint density at radius 1 is 1.00 bits per heavy atom. The van der Waals surface area contributed by atoms with Crippen molar-refractivity contribution in [2.45, 2.75) is 49.9 Å². The molecular weight excluding hydrogens is 567 g/mol. The van der Waals surface area contributed by atoms with Crippen LogP contribution >= 0.6 is 23.2 Å². The SMILES string of the molecule is Cc1[nH]c(/C=C2\C(=O)Nc3ccc(S(=O)(=O)Cc4c(Cl)cccc4Cl)cc32)c(C)c1CN1CCN(C2CC2)CC1. The lowest BCUT2D eigenvalue weighted by molar-refractivity contribution is -0.110. The van der Waals surface area contributed by atoms with Crippen molar-refractivity contribution in [1.29, 1.82) is 0 Å². The molecule has 1 amide bonds. The first-order chi connectivity index (χ1) is 19.1. The standard InChI is InChI=1S/C30H32Cl2N4O3S/c1-18-24(16-35-10-12-36(13-11-35)20-6-7-20)19(2)33-29(18)15-23-22-14-21(8-9-28(22)34-30(23)37)40(38,39)17-25-26(31)4-3-5-27(25)32/h3-5,8-9,14-15,20,33H,6-7,10-13,16-17H2,1-2H3,(H,34,37)/b23-15-. The largest absolute Gasteiger partial charge is 0.359 e.